The van der Waals surface area contributed by atoms with Gasteiger partial charge in [-0.3, -0.25) is 4.79 Å². The normalized spacial score (nSPS) is 18.9. The molecule has 3 rings (SSSR count). The zero-order valence-electron chi connectivity index (χ0n) is 19.8. The van der Waals surface area contributed by atoms with Gasteiger partial charge in [-0.05, 0) is 68.2 Å². The summed E-state index contributed by atoms with van der Waals surface area (Å²) in [7, 11) is 4.08. The molecule has 1 saturated heterocycles. The lowest BCUT2D eigenvalue weighted by Gasteiger charge is -2.40. The molecule has 1 amide bonds. The molecule has 0 radical (unpaired) electrons. The maximum Gasteiger partial charge on any atom is 0.219 e. The van der Waals surface area contributed by atoms with Gasteiger partial charge in [-0.1, -0.05) is 42.5 Å². The summed E-state index contributed by atoms with van der Waals surface area (Å²) in [4.78, 5) is 16.5. The molecule has 1 heterocycles. The number of carbonyl (C=O) groups excluding carboxylic acids is 1. The van der Waals surface area contributed by atoms with Crippen LogP contribution in [0.15, 0.2) is 54.6 Å². The van der Waals surface area contributed by atoms with Crippen LogP contribution in [-0.2, 0) is 16.1 Å². The fraction of sp³-hybridized carbons (Fsp3) is 0.519. The van der Waals surface area contributed by atoms with Crippen LogP contribution < -0.4 is 4.90 Å². The lowest BCUT2D eigenvalue weighted by atomic mass is 9.75. The molecular weight excluding hydrogens is 384 g/mol. The van der Waals surface area contributed by atoms with Gasteiger partial charge in [0.15, 0.2) is 0 Å². The fourth-order valence-electron chi connectivity index (χ4n) is 4.76. The molecule has 1 aliphatic rings. The Morgan fingerprint density at radius 1 is 1.10 bits per heavy atom. The molecule has 0 spiro atoms. The van der Waals surface area contributed by atoms with Gasteiger partial charge >= 0.3 is 0 Å². The Balaban J connectivity index is 1.72. The van der Waals surface area contributed by atoms with Crippen LogP contribution in [0.2, 0.25) is 0 Å². The van der Waals surface area contributed by atoms with Crippen molar-refractivity contribution in [1.82, 2.24) is 4.90 Å². The molecule has 31 heavy (non-hydrogen) atoms. The molecule has 0 bridgehead atoms. The van der Waals surface area contributed by atoms with Crippen LogP contribution in [0, 0.1) is 5.92 Å². The number of anilines is 1. The standard InChI is InChI=1S/C27H38N2O2/c1-21(30)29(20-22-11-13-25(14-12-22)28(4)5)17-15-26(23-9-7-6-8-10-23)24-16-18-31-27(2,3)19-24/h6-14,24,26H,15-20H2,1-5H3/t24-,26+/m0/s1. The van der Waals surface area contributed by atoms with E-state index >= 15 is 0 Å². The summed E-state index contributed by atoms with van der Waals surface area (Å²) >= 11 is 0. The number of hydrogen-bond donors (Lipinski definition) is 0. The van der Waals surface area contributed by atoms with E-state index in [0.717, 1.165) is 32.4 Å². The first-order valence-corrected chi connectivity index (χ1v) is 11.5. The van der Waals surface area contributed by atoms with Crippen LogP contribution in [0.3, 0.4) is 0 Å². The molecule has 2 aromatic carbocycles. The zero-order chi connectivity index (χ0) is 22.4. The second-order valence-electron chi connectivity index (χ2n) is 9.67. The van der Waals surface area contributed by atoms with Crippen molar-refractivity contribution >= 4 is 11.6 Å². The maximum absolute atomic E-state index is 12.4. The maximum atomic E-state index is 12.4. The van der Waals surface area contributed by atoms with Crippen LogP contribution in [0.25, 0.3) is 0 Å². The Labute approximate surface area is 188 Å². The van der Waals surface area contributed by atoms with Gasteiger partial charge in [0.25, 0.3) is 0 Å². The van der Waals surface area contributed by atoms with E-state index in [4.69, 9.17) is 4.74 Å². The molecule has 0 saturated carbocycles. The molecule has 0 aromatic heterocycles. The molecule has 0 N–H and O–H groups in total. The summed E-state index contributed by atoms with van der Waals surface area (Å²) in [5.74, 6) is 1.14. The Morgan fingerprint density at radius 3 is 2.35 bits per heavy atom. The summed E-state index contributed by atoms with van der Waals surface area (Å²) < 4.78 is 5.98. The average Bonchev–Trinajstić information content (AvgIpc) is 2.73. The molecule has 4 nitrogen and oxygen atoms in total. The van der Waals surface area contributed by atoms with Crippen molar-refractivity contribution in [2.75, 3.05) is 32.1 Å². The minimum atomic E-state index is -0.0790. The molecule has 168 valence electrons. The van der Waals surface area contributed by atoms with E-state index in [1.54, 1.807) is 6.92 Å². The number of amides is 1. The lowest BCUT2D eigenvalue weighted by Crippen LogP contribution is -2.37. The molecule has 2 aromatic rings. The molecule has 1 fully saturated rings. The SMILES string of the molecule is CC(=O)N(CC[C@H](c1ccccc1)[C@H]1CCOC(C)(C)C1)Cc1ccc(N(C)C)cc1. The number of nitrogens with zero attached hydrogens (tertiary/aromatic N) is 2. The van der Waals surface area contributed by atoms with E-state index in [0.29, 0.717) is 18.4 Å². The summed E-state index contributed by atoms with van der Waals surface area (Å²) in [5, 5.41) is 0. The molecule has 1 aliphatic heterocycles. The third-order valence-corrected chi connectivity index (χ3v) is 6.51. The van der Waals surface area contributed by atoms with Gasteiger partial charge in [0.2, 0.25) is 5.91 Å². The van der Waals surface area contributed by atoms with E-state index in [1.807, 2.05) is 19.0 Å². The van der Waals surface area contributed by atoms with Crippen molar-refractivity contribution in [2.45, 2.75) is 58.1 Å². The van der Waals surface area contributed by atoms with E-state index in [9.17, 15) is 4.79 Å². The quantitative estimate of drug-likeness (QED) is 0.565. The molecular formula is C27H38N2O2. The van der Waals surface area contributed by atoms with Crippen LogP contribution >= 0.6 is 0 Å². The molecule has 2 atom stereocenters. The predicted molar refractivity (Wildman–Crippen MR) is 128 cm³/mol. The number of hydrogen-bond acceptors (Lipinski definition) is 3. The van der Waals surface area contributed by atoms with Crippen LogP contribution in [0.1, 0.15) is 57.1 Å². The summed E-state index contributed by atoms with van der Waals surface area (Å²) in [6.45, 7) is 8.31. The molecule has 0 aliphatic carbocycles. The van der Waals surface area contributed by atoms with Crippen LogP contribution in [-0.4, -0.2) is 43.7 Å². The van der Waals surface area contributed by atoms with Gasteiger partial charge in [-0.2, -0.15) is 0 Å². The number of carbonyl (C=O) groups is 1. The topological polar surface area (TPSA) is 32.8 Å². The minimum absolute atomic E-state index is 0.0790. The van der Waals surface area contributed by atoms with Crippen LogP contribution in [0.4, 0.5) is 5.69 Å². The Bertz CT molecular complexity index is 830. The summed E-state index contributed by atoms with van der Waals surface area (Å²) in [6.07, 6.45) is 3.10. The van der Waals surface area contributed by atoms with Crippen LogP contribution in [0.5, 0.6) is 0 Å². The highest BCUT2D eigenvalue weighted by atomic mass is 16.5. The smallest absolute Gasteiger partial charge is 0.219 e. The van der Waals surface area contributed by atoms with Gasteiger partial charge < -0.3 is 14.5 Å². The zero-order valence-corrected chi connectivity index (χ0v) is 19.8. The summed E-state index contributed by atoms with van der Waals surface area (Å²) in [5.41, 5.74) is 3.64. The van der Waals surface area contributed by atoms with Crippen molar-refractivity contribution in [2.24, 2.45) is 5.92 Å². The first kappa shape index (κ1) is 23.3. The third-order valence-electron chi connectivity index (χ3n) is 6.51. The molecule has 4 heteroatoms. The third kappa shape index (κ3) is 6.57. The lowest BCUT2D eigenvalue weighted by molar-refractivity contribution is -0.129. The Morgan fingerprint density at radius 2 is 1.77 bits per heavy atom. The summed E-state index contributed by atoms with van der Waals surface area (Å²) in [6, 6.07) is 19.3. The Hall–Kier alpha value is -2.33. The van der Waals surface area contributed by atoms with E-state index in [2.05, 4.69) is 73.3 Å². The highest BCUT2D eigenvalue weighted by Crippen LogP contribution is 2.40. The highest BCUT2D eigenvalue weighted by Gasteiger charge is 2.34. The second-order valence-corrected chi connectivity index (χ2v) is 9.67. The highest BCUT2D eigenvalue weighted by molar-refractivity contribution is 5.73. The van der Waals surface area contributed by atoms with Crippen molar-refractivity contribution in [3.05, 3.63) is 65.7 Å². The fourth-order valence-corrected chi connectivity index (χ4v) is 4.76. The first-order valence-electron chi connectivity index (χ1n) is 11.5. The van der Waals surface area contributed by atoms with Crippen molar-refractivity contribution in [3.63, 3.8) is 0 Å². The largest absolute Gasteiger partial charge is 0.378 e. The monoisotopic (exact) mass is 422 g/mol. The van der Waals surface area contributed by atoms with E-state index in [1.165, 1.54) is 16.8 Å². The van der Waals surface area contributed by atoms with Gasteiger partial charge in [0, 0.05) is 46.4 Å². The number of ether oxygens (including phenoxy) is 1. The molecule has 0 unspecified atom stereocenters. The first-order chi connectivity index (χ1) is 14.7. The van der Waals surface area contributed by atoms with Gasteiger partial charge in [-0.15, -0.1) is 0 Å². The van der Waals surface area contributed by atoms with Crippen molar-refractivity contribution in [3.8, 4) is 0 Å². The van der Waals surface area contributed by atoms with Crippen molar-refractivity contribution < 1.29 is 9.53 Å². The minimum Gasteiger partial charge on any atom is -0.378 e. The van der Waals surface area contributed by atoms with E-state index in [-0.39, 0.29) is 11.5 Å². The number of rotatable bonds is 8. The van der Waals surface area contributed by atoms with Gasteiger partial charge in [-0.25, -0.2) is 0 Å². The predicted octanol–water partition coefficient (Wildman–Crippen LogP) is 5.48. The van der Waals surface area contributed by atoms with Crippen molar-refractivity contribution in [1.29, 1.82) is 0 Å². The Kier molecular flexibility index (Phi) is 7.77. The van der Waals surface area contributed by atoms with E-state index < -0.39 is 0 Å². The average molecular weight is 423 g/mol. The second kappa shape index (κ2) is 10.3. The van der Waals surface area contributed by atoms with Gasteiger partial charge in [0.1, 0.15) is 0 Å². The number of benzene rings is 2. The van der Waals surface area contributed by atoms with Gasteiger partial charge in [0.05, 0.1) is 5.60 Å².